The van der Waals surface area contributed by atoms with Crippen molar-refractivity contribution in [2.45, 2.75) is 13.0 Å². The summed E-state index contributed by atoms with van der Waals surface area (Å²) < 4.78 is 20.7. The lowest BCUT2D eigenvalue weighted by Gasteiger charge is -2.11. The predicted molar refractivity (Wildman–Crippen MR) is 64.7 cm³/mol. The summed E-state index contributed by atoms with van der Waals surface area (Å²) in [5.41, 5.74) is 1.47. The lowest BCUT2D eigenvalue weighted by atomic mass is 10.2. The van der Waals surface area contributed by atoms with Crippen LogP contribution in [0.25, 0.3) is 0 Å². The normalized spacial score (nSPS) is 10.6. The van der Waals surface area contributed by atoms with E-state index in [9.17, 15) is 4.39 Å². The third-order valence-electron chi connectivity index (χ3n) is 2.75. The summed E-state index contributed by atoms with van der Waals surface area (Å²) in [6.45, 7) is 0.103. The zero-order valence-corrected chi connectivity index (χ0v) is 10.1. The Bertz CT molecular complexity index is 525. The van der Waals surface area contributed by atoms with Gasteiger partial charge in [-0.05, 0) is 12.1 Å². The Hall–Kier alpha value is -1.88. The molecule has 0 unspecified atom stereocenters. The minimum absolute atomic E-state index is 0.127. The Labute approximate surface area is 105 Å². The van der Waals surface area contributed by atoms with E-state index in [2.05, 4.69) is 5.10 Å². The van der Waals surface area contributed by atoms with Crippen molar-refractivity contribution in [3.8, 4) is 5.75 Å². The van der Waals surface area contributed by atoms with E-state index >= 15 is 0 Å². The van der Waals surface area contributed by atoms with Crippen molar-refractivity contribution in [2.24, 2.45) is 7.05 Å². The fraction of sp³-hybridized carbons (Fsp3) is 0.308. The molecule has 0 radical (unpaired) electrons. The van der Waals surface area contributed by atoms with Crippen LogP contribution >= 0.6 is 0 Å². The first-order chi connectivity index (χ1) is 8.72. The molecule has 0 saturated heterocycles. The van der Waals surface area contributed by atoms with Crippen molar-refractivity contribution in [1.29, 1.82) is 0 Å². The van der Waals surface area contributed by atoms with Gasteiger partial charge in [0.05, 0.1) is 13.2 Å². The standard InChI is InChI=1S/C13H15FN2O2/c1-16-11(5-7-15-16)6-8-18-13-10(9-17)3-2-4-12(13)14/h2-5,7,17H,6,8-9H2,1H3. The predicted octanol–water partition coefficient (Wildman–Crippen LogP) is 1.67. The van der Waals surface area contributed by atoms with Crippen LogP contribution < -0.4 is 4.74 Å². The molecule has 1 heterocycles. The number of aryl methyl sites for hydroxylation is 1. The Morgan fingerprint density at radius 1 is 1.39 bits per heavy atom. The fourth-order valence-electron chi connectivity index (χ4n) is 1.74. The van der Waals surface area contributed by atoms with Gasteiger partial charge in [0.25, 0.3) is 0 Å². The number of benzene rings is 1. The van der Waals surface area contributed by atoms with E-state index in [0.717, 1.165) is 5.69 Å². The molecule has 0 bridgehead atoms. The average Bonchev–Trinajstić information content (AvgIpc) is 2.77. The molecule has 0 saturated carbocycles. The molecule has 0 aliphatic heterocycles. The number of para-hydroxylation sites is 1. The summed E-state index contributed by atoms with van der Waals surface area (Å²) in [6, 6.07) is 6.40. The number of aliphatic hydroxyl groups is 1. The van der Waals surface area contributed by atoms with Crippen LogP contribution in [0.1, 0.15) is 11.3 Å². The van der Waals surface area contributed by atoms with Crippen molar-refractivity contribution in [1.82, 2.24) is 9.78 Å². The lowest BCUT2D eigenvalue weighted by molar-refractivity contribution is 0.256. The zero-order chi connectivity index (χ0) is 13.0. The third kappa shape index (κ3) is 2.68. The molecule has 2 rings (SSSR count). The van der Waals surface area contributed by atoms with Crippen LogP contribution in [0, 0.1) is 5.82 Å². The minimum Gasteiger partial charge on any atom is -0.490 e. The van der Waals surface area contributed by atoms with E-state index < -0.39 is 5.82 Å². The van der Waals surface area contributed by atoms with Crippen LogP contribution in [0.2, 0.25) is 0 Å². The molecule has 0 amide bonds. The smallest absolute Gasteiger partial charge is 0.165 e. The summed E-state index contributed by atoms with van der Waals surface area (Å²) in [5, 5.41) is 13.2. The van der Waals surface area contributed by atoms with Gasteiger partial charge in [-0.3, -0.25) is 4.68 Å². The van der Waals surface area contributed by atoms with Gasteiger partial charge in [-0.2, -0.15) is 5.10 Å². The number of nitrogens with zero attached hydrogens (tertiary/aromatic N) is 2. The van der Waals surface area contributed by atoms with Gasteiger partial charge in [-0.25, -0.2) is 4.39 Å². The third-order valence-corrected chi connectivity index (χ3v) is 2.75. The van der Waals surface area contributed by atoms with Crippen molar-refractivity contribution in [3.05, 3.63) is 47.5 Å². The molecule has 0 fully saturated rings. The van der Waals surface area contributed by atoms with E-state index in [1.807, 2.05) is 13.1 Å². The molecule has 96 valence electrons. The van der Waals surface area contributed by atoms with Gasteiger partial charge in [-0.15, -0.1) is 0 Å². The topological polar surface area (TPSA) is 47.3 Å². The Kier molecular flexibility index (Phi) is 3.94. The first-order valence-corrected chi connectivity index (χ1v) is 5.70. The molecule has 4 nitrogen and oxygen atoms in total. The highest BCUT2D eigenvalue weighted by molar-refractivity contribution is 5.34. The van der Waals surface area contributed by atoms with Crippen molar-refractivity contribution < 1.29 is 14.2 Å². The number of ether oxygens (including phenoxy) is 1. The molecule has 0 spiro atoms. The van der Waals surface area contributed by atoms with Gasteiger partial charge in [0.2, 0.25) is 0 Å². The molecule has 0 aliphatic rings. The Morgan fingerprint density at radius 2 is 2.22 bits per heavy atom. The molecule has 1 N–H and O–H groups in total. The second kappa shape index (κ2) is 5.64. The van der Waals surface area contributed by atoms with E-state index in [0.29, 0.717) is 18.6 Å². The summed E-state index contributed by atoms with van der Waals surface area (Å²) in [7, 11) is 1.84. The van der Waals surface area contributed by atoms with Crippen LogP contribution in [-0.4, -0.2) is 21.5 Å². The van der Waals surface area contributed by atoms with E-state index in [4.69, 9.17) is 9.84 Å². The summed E-state index contributed by atoms with van der Waals surface area (Å²) >= 11 is 0. The Balaban J connectivity index is 2.00. The molecule has 0 atom stereocenters. The van der Waals surface area contributed by atoms with Gasteiger partial charge in [0.1, 0.15) is 0 Å². The molecule has 2 aromatic rings. The van der Waals surface area contributed by atoms with Gasteiger partial charge in [0, 0.05) is 30.9 Å². The monoisotopic (exact) mass is 250 g/mol. The SMILES string of the molecule is Cn1nccc1CCOc1c(F)cccc1CO. The Morgan fingerprint density at radius 3 is 2.89 bits per heavy atom. The van der Waals surface area contributed by atoms with E-state index in [1.54, 1.807) is 23.0 Å². The highest BCUT2D eigenvalue weighted by Gasteiger charge is 2.09. The number of hydrogen-bond acceptors (Lipinski definition) is 3. The average molecular weight is 250 g/mol. The number of hydrogen-bond donors (Lipinski definition) is 1. The molecular formula is C13H15FN2O2. The molecule has 1 aromatic carbocycles. The van der Waals surface area contributed by atoms with Gasteiger partial charge in [-0.1, -0.05) is 12.1 Å². The second-order valence-electron chi connectivity index (χ2n) is 3.93. The van der Waals surface area contributed by atoms with E-state index in [-0.39, 0.29) is 12.4 Å². The molecular weight excluding hydrogens is 235 g/mol. The minimum atomic E-state index is -0.452. The van der Waals surface area contributed by atoms with Crippen molar-refractivity contribution in [2.75, 3.05) is 6.61 Å². The quantitative estimate of drug-likeness (QED) is 0.878. The molecule has 5 heteroatoms. The number of aliphatic hydroxyl groups excluding tert-OH is 1. The largest absolute Gasteiger partial charge is 0.490 e. The van der Waals surface area contributed by atoms with Gasteiger partial charge in [0.15, 0.2) is 11.6 Å². The zero-order valence-electron chi connectivity index (χ0n) is 10.1. The maximum absolute atomic E-state index is 13.5. The van der Waals surface area contributed by atoms with Crippen LogP contribution in [0.5, 0.6) is 5.75 Å². The van der Waals surface area contributed by atoms with Gasteiger partial charge >= 0.3 is 0 Å². The van der Waals surface area contributed by atoms with Crippen LogP contribution in [0.15, 0.2) is 30.5 Å². The summed E-state index contributed by atoms with van der Waals surface area (Å²) in [5.74, 6) is -0.325. The van der Waals surface area contributed by atoms with Crippen molar-refractivity contribution in [3.63, 3.8) is 0 Å². The van der Waals surface area contributed by atoms with Crippen molar-refractivity contribution >= 4 is 0 Å². The van der Waals surface area contributed by atoms with E-state index in [1.165, 1.54) is 6.07 Å². The highest BCUT2D eigenvalue weighted by atomic mass is 19.1. The molecule has 1 aromatic heterocycles. The summed E-state index contributed by atoms with van der Waals surface area (Å²) in [4.78, 5) is 0. The second-order valence-corrected chi connectivity index (χ2v) is 3.93. The molecule has 18 heavy (non-hydrogen) atoms. The maximum atomic E-state index is 13.5. The lowest BCUT2D eigenvalue weighted by Crippen LogP contribution is -2.08. The van der Waals surface area contributed by atoms with Gasteiger partial charge < -0.3 is 9.84 Å². The van der Waals surface area contributed by atoms with Crippen LogP contribution in [-0.2, 0) is 20.1 Å². The fourth-order valence-corrected chi connectivity index (χ4v) is 1.74. The molecule has 0 aliphatic carbocycles. The first-order valence-electron chi connectivity index (χ1n) is 5.70. The highest BCUT2D eigenvalue weighted by Crippen LogP contribution is 2.22. The number of halogens is 1. The van der Waals surface area contributed by atoms with Crippen LogP contribution in [0.3, 0.4) is 0 Å². The van der Waals surface area contributed by atoms with Crippen LogP contribution in [0.4, 0.5) is 4.39 Å². The first kappa shape index (κ1) is 12.6. The number of aromatic nitrogens is 2. The summed E-state index contributed by atoms with van der Waals surface area (Å²) in [6.07, 6.45) is 2.34. The number of rotatable bonds is 5. The maximum Gasteiger partial charge on any atom is 0.165 e.